The van der Waals surface area contributed by atoms with Crippen LogP contribution in [-0.4, -0.2) is 50.5 Å². The number of carbonyl (C=O) groups excluding carboxylic acids is 2. The lowest BCUT2D eigenvalue weighted by molar-refractivity contribution is 0.0653. The van der Waals surface area contributed by atoms with Crippen molar-refractivity contribution in [2.24, 2.45) is 0 Å². The van der Waals surface area contributed by atoms with E-state index in [1.54, 1.807) is 23.4 Å². The van der Waals surface area contributed by atoms with Crippen molar-refractivity contribution in [2.45, 2.75) is 52.0 Å². The van der Waals surface area contributed by atoms with Crippen LogP contribution in [0.1, 0.15) is 80.0 Å². The standard InChI is InChI=1S/C20H23N3O5/c1-11-17-15(24)4-3-5-16(17)28-18(11)19(25)22-8-6-13(7-9-22)23-12(2)14(10-21-23)20(26)27/h10,13H,3-9H2,1-2H3,(H,26,27). The Balaban J connectivity index is 1.48. The van der Waals surface area contributed by atoms with Crippen molar-refractivity contribution in [1.82, 2.24) is 14.7 Å². The lowest BCUT2D eigenvalue weighted by Gasteiger charge is -2.32. The number of ketones is 1. The van der Waals surface area contributed by atoms with Gasteiger partial charge in [0.05, 0.1) is 23.5 Å². The second-order valence-corrected chi connectivity index (χ2v) is 7.55. The topological polar surface area (TPSA) is 106 Å². The van der Waals surface area contributed by atoms with Crippen molar-refractivity contribution in [1.29, 1.82) is 0 Å². The molecule has 0 atom stereocenters. The Labute approximate surface area is 162 Å². The summed E-state index contributed by atoms with van der Waals surface area (Å²) < 4.78 is 7.54. The van der Waals surface area contributed by atoms with Crippen LogP contribution < -0.4 is 0 Å². The van der Waals surface area contributed by atoms with Gasteiger partial charge in [-0.15, -0.1) is 0 Å². The van der Waals surface area contributed by atoms with Crippen LogP contribution in [0.3, 0.4) is 0 Å². The van der Waals surface area contributed by atoms with Gasteiger partial charge in [-0.2, -0.15) is 5.10 Å². The summed E-state index contributed by atoms with van der Waals surface area (Å²) in [7, 11) is 0. The van der Waals surface area contributed by atoms with Gasteiger partial charge in [0.2, 0.25) is 0 Å². The SMILES string of the molecule is Cc1c(C(=O)N2CCC(n3ncc(C(=O)O)c3C)CC2)oc2c1C(=O)CCC2. The molecule has 2 aromatic heterocycles. The highest BCUT2D eigenvalue weighted by Crippen LogP contribution is 2.31. The summed E-state index contributed by atoms with van der Waals surface area (Å²) >= 11 is 0. The Bertz CT molecular complexity index is 963. The number of Topliss-reactive ketones (excluding diaryl/α,β-unsaturated/α-hetero) is 1. The van der Waals surface area contributed by atoms with E-state index in [2.05, 4.69) is 5.10 Å². The quantitative estimate of drug-likeness (QED) is 0.871. The fourth-order valence-corrected chi connectivity index (χ4v) is 4.31. The second kappa shape index (κ2) is 6.92. The number of amides is 1. The van der Waals surface area contributed by atoms with Crippen LogP contribution >= 0.6 is 0 Å². The molecule has 0 bridgehead atoms. The van der Waals surface area contributed by atoms with Crippen molar-refractivity contribution in [3.8, 4) is 0 Å². The Morgan fingerprint density at radius 1 is 1.21 bits per heavy atom. The Kier molecular flexibility index (Phi) is 4.56. The number of aryl methyl sites for hydroxylation is 1. The number of aromatic nitrogens is 2. The van der Waals surface area contributed by atoms with Crippen LogP contribution in [0.2, 0.25) is 0 Å². The van der Waals surface area contributed by atoms with Gasteiger partial charge in [-0.1, -0.05) is 0 Å². The van der Waals surface area contributed by atoms with Gasteiger partial charge in [0.1, 0.15) is 11.3 Å². The average molecular weight is 385 g/mol. The van der Waals surface area contributed by atoms with Gasteiger partial charge in [-0.25, -0.2) is 4.79 Å². The summed E-state index contributed by atoms with van der Waals surface area (Å²) in [5, 5.41) is 13.4. The zero-order valence-electron chi connectivity index (χ0n) is 16.0. The maximum absolute atomic E-state index is 13.0. The third-order valence-corrected chi connectivity index (χ3v) is 5.87. The maximum Gasteiger partial charge on any atom is 0.339 e. The van der Waals surface area contributed by atoms with Gasteiger partial charge in [0, 0.05) is 31.5 Å². The van der Waals surface area contributed by atoms with E-state index in [4.69, 9.17) is 4.42 Å². The van der Waals surface area contributed by atoms with E-state index in [1.807, 2.05) is 0 Å². The maximum atomic E-state index is 13.0. The molecule has 1 fully saturated rings. The molecule has 1 amide bonds. The summed E-state index contributed by atoms with van der Waals surface area (Å²) in [5.41, 5.74) is 2.09. The lowest BCUT2D eigenvalue weighted by Crippen LogP contribution is -2.39. The van der Waals surface area contributed by atoms with Crippen LogP contribution in [0.4, 0.5) is 0 Å². The lowest BCUT2D eigenvalue weighted by atomic mass is 9.94. The Morgan fingerprint density at radius 2 is 1.93 bits per heavy atom. The van der Waals surface area contributed by atoms with E-state index in [0.717, 1.165) is 6.42 Å². The largest absolute Gasteiger partial charge is 0.478 e. The first-order valence-electron chi connectivity index (χ1n) is 9.60. The van der Waals surface area contributed by atoms with Crippen LogP contribution in [0, 0.1) is 13.8 Å². The van der Waals surface area contributed by atoms with Crippen molar-refractivity contribution in [2.75, 3.05) is 13.1 Å². The first-order valence-corrected chi connectivity index (χ1v) is 9.60. The number of aromatic carboxylic acids is 1. The number of nitrogens with zero attached hydrogens (tertiary/aromatic N) is 3. The fourth-order valence-electron chi connectivity index (χ4n) is 4.31. The highest BCUT2D eigenvalue weighted by molar-refractivity contribution is 6.03. The molecule has 0 radical (unpaired) electrons. The molecule has 1 aliphatic heterocycles. The van der Waals surface area contributed by atoms with Crippen LogP contribution in [0.5, 0.6) is 0 Å². The molecule has 148 valence electrons. The van der Waals surface area contributed by atoms with E-state index in [1.165, 1.54) is 6.20 Å². The molecule has 2 aromatic rings. The van der Waals surface area contributed by atoms with E-state index in [0.29, 0.717) is 61.4 Å². The first kappa shape index (κ1) is 18.5. The second-order valence-electron chi connectivity index (χ2n) is 7.55. The van der Waals surface area contributed by atoms with Crippen LogP contribution in [0.25, 0.3) is 0 Å². The molecular weight excluding hydrogens is 362 g/mol. The predicted molar refractivity (Wildman–Crippen MR) is 98.8 cm³/mol. The third-order valence-electron chi connectivity index (χ3n) is 5.87. The molecule has 0 spiro atoms. The molecule has 2 aliphatic rings. The molecular formula is C20H23N3O5. The summed E-state index contributed by atoms with van der Waals surface area (Å²) in [5.74, 6) is -0.184. The summed E-state index contributed by atoms with van der Waals surface area (Å²) in [6.45, 7) is 4.60. The number of rotatable bonds is 3. The minimum absolute atomic E-state index is 0.0589. The van der Waals surface area contributed by atoms with E-state index in [9.17, 15) is 19.5 Å². The van der Waals surface area contributed by atoms with Crippen LogP contribution in [0.15, 0.2) is 10.6 Å². The van der Waals surface area contributed by atoms with Crippen molar-refractivity contribution in [3.63, 3.8) is 0 Å². The molecule has 0 unspecified atom stereocenters. The monoisotopic (exact) mass is 385 g/mol. The molecule has 1 N–H and O–H groups in total. The molecule has 8 heteroatoms. The molecule has 0 aromatic carbocycles. The molecule has 0 saturated carbocycles. The van der Waals surface area contributed by atoms with Gasteiger partial charge in [-0.05, 0) is 33.1 Å². The number of fused-ring (bicyclic) bond motifs is 1. The van der Waals surface area contributed by atoms with E-state index in [-0.39, 0.29) is 29.1 Å². The highest BCUT2D eigenvalue weighted by atomic mass is 16.4. The summed E-state index contributed by atoms with van der Waals surface area (Å²) in [6.07, 6.45) is 4.72. The summed E-state index contributed by atoms with van der Waals surface area (Å²) in [6, 6.07) is 0.0598. The number of likely N-dealkylation sites (tertiary alicyclic amines) is 1. The van der Waals surface area contributed by atoms with E-state index < -0.39 is 5.97 Å². The average Bonchev–Trinajstić information content (AvgIpc) is 3.22. The summed E-state index contributed by atoms with van der Waals surface area (Å²) in [4.78, 5) is 38.1. The number of carboxylic acids is 1. The zero-order valence-corrected chi connectivity index (χ0v) is 16.0. The third kappa shape index (κ3) is 2.93. The number of hydrogen-bond donors (Lipinski definition) is 1. The molecule has 8 nitrogen and oxygen atoms in total. The number of hydrogen-bond acceptors (Lipinski definition) is 5. The molecule has 4 rings (SSSR count). The van der Waals surface area contributed by atoms with Crippen molar-refractivity contribution >= 4 is 17.7 Å². The molecule has 3 heterocycles. The number of furan rings is 1. The van der Waals surface area contributed by atoms with E-state index >= 15 is 0 Å². The van der Waals surface area contributed by atoms with Gasteiger partial charge >= 0.3 is 5.97 Å². The molecule has 1 aliphatic carbocycles. The van der Waals surface area contributed by atoms with Crippen molar-refractivity contribution < 1.29 is 23.9 Å². The highest BCUT2D eigenvalue weighted by Gasteiger charge is 2.33. The molecule has 1 saturated heterocycles. The Morgan fingerprint density at radius 3 is 2.54 bits per heavy atom. The Hall–Kier alpha value is -2.90. The van der Waals surface area contributed by atoms with Crippen LogP contribution in [-0.2, 0) is 6.42 Å². The van der Waals surface area contributed by atoms with Gasteiger partial charge in [0.25, 0.3) is 5.91 Å². The minimum Gasteiger partial charge on any atom is -0.478 e. The minimum atomic E-state index is -0.983. The predicted octanol–water partition coefficient (Wildman–Crippen LogP) is 2.79. The number of carbonyl (C=O) groups is 3. The number of piperidine rings is 1. The van der Waals surface area contributed by atoms with Gasteiger partial charge < -0.3 is 14.4 Å². The smallest absolute Gasteiger partial charge is 0.339 e. The zero-order chi connectivity index (χ0) is 20.0. The van der Waals surface area contributed by atoms with Gasteiger partial charge in [-0.3, -0.25) is 14.3 Å². The van der Waals surface area contributed by atoms with Gasteiger partial charge in [0.15, 0.2) is 11.5 Å². The number of carboxylic acid groups (broad SMARTS) is 1. The fraction of sp³-hybridized carbons (Fsp3) is 0.500. The van der Waals surface area contributed by atoms with Crippen molar-refractivity contribution in [3.05, 3.63) is 40.1 Å². The molecule has 28 heavy (non-hydrogen) atoms. The first-order chi connectivity index (χ1) is 13.4. The normalized spacial score (nSPS) is 17.6.